The molecule has 0 radical (unpaired) electrons. The summed E-state index contributed by atoms with van der Waals surface area (Å²) >= 11 is 0. The number of hydrogen-bond donors (Lipinski definition) is 4. The smallest absolute Gasteiger partial charge is 0.383 e. The molecule has 144 valence electrons. The quantitative estimate of drug-likeness (QED) is 0.355. The summed E-state index contributed by atoms with van der Waals surface area (Å²) in [7, 11) is -8.01. The Morgan fingerprint density at radius 1 is 1.12 bits per heavy atom. The van der Waals surface area contributed by atoms with E-state index in [1.54, 1.807) is 13.8 Å². The second-order valence-electron chi connectivity index (χ2n) is 5.62. The van der Waals surface area contributed by atoms with E-state index in [-0.39, 0.29) is 25.9 Å². The zero-order chi connectivity index (χ0) is 19.0. The van der Waals surface area contributed by atoms with E-state index in [0.717, 1.165) is 0 Å². The van der Waals surface area contributed by atoms with E-state index < -0.39 is 39.5 Å². The van der Waals surface area contributed by atoms with Gasteiger partial charge in [-0.2, -0.15) is 0 Å². The number of hydrogen-bond acceptors (Lipinski definition) is 7. The predicted octanol–water partition coefficient (Wildman–Crippen LogP) is 0.865. The minimum atomic E-state index is -4.70. The molecule has 0 aliphatic heterocycles. The van der Waals surface area contributed by atoms with Crippen LogP contribution in [0.1, 0.15) is 27.7 Å². The van der Waals surface area contributed by atoms with Gasteiger partial charge in [0.15, 0.2) is 0 Å². The molecule has 0 aromatic rings. The van der Waals surface area contributed by atoms with Crippen molar-refractivity contribution in [1.82, 2.24) is 5.32 Å². The monoisotopic (exact) mass is 391 g/mol. The van der Waals surface area contributed by atoms with Crippen LogP contribution in [0.3, 0.4) is 0 Å². The third-order valence-electron chi connectivity index (χ3n) is 2.93. The topological polar surface area (TPSA) is 152 Å². The van der Waals surface area contributed by atoms with Crippen LogP contribution in [0, 0.1) is 5.41 Å². The van der Waals surface area contributed by atoms with Crippen molar-refractivity contribution in [2.75, 3.05) is 32.5 Å². The fourth-order valence-electron chi connectivity index (χ4n) is 1.66. The van der Waals surface area contributed by atoms with Crippen molar-refractivity contribution >= 4 is 21.3 Å². The Morgan fingerprint density at radius 3 is 2.04 bits per heavy atom. The molecule has 12 heteroatoms. The Balaban J connectivity index is 4.54. The standard InChI is InChI=1S/C12H27NO9P2/c1-5-20-23(16,21-6-2)8-7-13-11(15)10(14)12(3,4)9-22-24(17,18)19/h10,14H,5-9H2,1-4H3,(H,13,15)(H2,17,18,19)/t10-/m0/s1. The predicted molar refractivity (Wildman–Crippen MR) is 86.5 cm³/mol. The molecule has 0 spiro atoms. The average Bonchev–Trinajstić information content (AvgIpc) is 2.44. The summed E-state index contributed by atoms with van der Waals surface area (Å²) in [6.07, 6.45) is -1.64. The highest BCUT2D eigenvalue weighted by Crippen LogP contribution is 2.47. The lowest BCUT2D eigenvalue weighted by Gasteiger charge is -2.29. The van der Waals surface area contributed by atoms with E-state index in [0.29, 0.717) is 0 Å². The zero-order valence-corrected chi connectivity index (χ0v) is 16.1. The Hall–Kier alpha value is -0.310. The van der Waals surface area contributed by atoms with Crippen LogP contribution in [-0.2, 0) is 27.5 Å². The van der Waals surface area contributed by atoms with Crippen molar-refractivity contribution in [3.05, 3.63) is 0 Å². The minimum Gasteiger partial charge on any atom is -0.383 e. The number of phosphoric ester groups is 1. The molecule has 0 aliphatic carbocycles. The van der Waals surface area contributed by atoms with E-state index >= 15 is 0 Å². The van der Waals surface area contributed by atoms with Gasteiger partial charge in [0.25, 0.3) is 0 Å². The van der Waals surface area contributed by atoms with E-state index in [4.69, 9.17) is 18.8 Å². The van der Waals surface area contributed by atoms with Crippen LogP contribution in [-0.4, -0.2) is 59.4 Å². The SMILES string of the molecule is CCOP(=O)(CCNC(=O)[C@H](O)C(C)(C)COP(=O)(O)O)OCC. The number of aliphatic hydroxyl groups is 1. The molecule has 0 bridgehead atoms. The van der Waals surface area contributed by atoms with Crippen LogP contribution < -0.4 is 5.32 Å². The second-order valence-corrected chi connectivity index (χ2v) is 9.04. The van der Waals surface area contributed by atoms with E-state index in [1.807, 2.05) is 0 Å². The molecule has 0 saturated heterocycles. The molecule has 4 N–H and O–H groups in total. The first kappa shape index (κ1) is 23.7. The zero-order valence-electron chi connectivity index (χ0n) is 14.3. The van der Waals surface area contributed by atoms with Crippen molar-refractivity contribution in [1.29, 1.82) is 0 Å². The van der Waals surface area contributed by atoms with E-state index in [9.17, 15) is 19.0 Å². The largest absolute Gasteiger partial charge is 0.469 e. The van der Waals surface area contributed by atoms with Gasteiger partial charge in [0, 0.05) is 12.0 Å². The third-order valence-corrected chi connectivity index (χ3v) is 5.47. The van der Waals surface area contributed by atoms with Crippen molar-refractivity contribution in [3.8, 4) is 0 Å². The molecular weight excluding hydrogens is 364 g/mol. The Kier molecular flexibility index (Phi) is 9.86. The molecule has 0 rings (SSSR count). The lowest BCUT2D eigenvalue weighted by molar-refractivity contribution is -0.136. The normalized spacial score (nSPS) is 14.5. The molecule has 1 amide bonds. The maximum Gasteiger partial charge on any atom is 0.469 e. The number of amides is 1. The minimum absolute atomic E-state index is 0.0530. The van der Waals surface area contributed by atoms with Crippen molar-refractivity contribution < 1.29 is 42.4 Å². The van der Waals surface area contributed by atoms with Gasteiger partial charge in [0.05, 0.1) is 26.0 Å². The summed E-state index contributed by atoms with van der Waals surface area (Å²) in [6, 6.07) is 0. The van der Waals surface area contributed by atoms with Crippen LogP contribution in [0.5, 0.6) is 0 Å². The number of carbonyl (C=O) groups excluding carboxylic acids is 1. The summed E-state index contributed by atoms with van der Waals surface area (Å²) < 4.78 is 37.4. The molecule has 0 aromatic carbocycles. The Bertz CT molecular complexity index is 481. The molecule has 0 aromatic heterocycles. The second kappa shape index (κ2) is 9.99. The first-order valence-corrected chi connectivity index (χ1v) is 10.7. The van der Waals surface area contributed by atoms with Gasteiger partial charge in [-0.3, -0.25) is 13.9 Å². The number of phosphoric acid groups is 1. The summed E-state index contributed by atoms with van der Waals surface area (Å²) in [5, 5.41) is 12.4. The Labute approximate surface area is 141 Å². The van der Waals surface area contributed by atoms with Crippen LogP contribution in [0.15, 0.2) is 0 Å². The molecular formula is C12H27NO9P2. The molecule has 0 heterocycles. The number of aliphatic hydroxyl groups excluding tert-OH is 1. The Morgan fingerprint density at radius 2 is 1.62 bits per heavy atom. The van der Waals surface area contributed by atoms with Crippen LogP contribution in [0.25, 0.3) is 0 Å². The van der Waals surface area contributed by atoms with Crippen LogP contribution >= 0.6 is 15.4 Å². The van der Waals surface area contributed by atoms with Crippen LogP contribution in [0.4, 0.5) is 0 Å². The van der Waals surface area contributed by atoms with Gasteiger partial charge in [0.1, 0.15) is 6.10 Å². The summed E-state index contributed by atoms with van der Waals surface area (Å²) in [6.45, 7) is 5.97. The first-order chi connectivity index (χ1) is 10.9. The van der Waals surface area contributed by atoms with Gasteiger partial charge >= 0.3 is 15.4 Å². The maximum atomic E-state index is 12.2. The molecule has 24 heavy (non-hydrogen) atoms. The maximum absolute atomic E-state index is 12.2. The summed E-state index contributed by atoms with van der Waals surface area (Å²) in [5.74, 6) is -0.783. The highest BCUT2D eigenvalue weighted by Gasteiger charge is 2.36. The fraction of sp³-hybridized carbons (Fsp3) is 0.917. The van der Waals surface area contributed by atoms with Crippen molar-refractivity contribution in [2.45, 2.75) is 33.8 Å². The van der Waals surface area contributed by atoms with E-state index in [1.165, 1.54) is 13.8 Å². The fourth-order valence-corrected chi connectivity index (χ4v) is 3.66. The number of rotatable bonds is 12. The van der Waals surface area contributed by atoms with Gasteiger partial charge < -0.3 is 29.3 Å². The molecule has 0 saturated carbocycles. The highest BCUT2D eigenvalue weighted by atomic mass is 31.2. The van der Waals surface area contributed by atoms with Gasteiger partial charge in [-0.15, -0.1) is 0 Å². The van der Waals surface area contributed by atoms with Gasteiger partial charge in [-0.05, 0) is 13.8 Å². The van der Waals surface area contributed by atoms with Crippen LogP contribution in [0.2, 0.25) is 0 Å². The van der Waals surface area contributed by atoms with Crippen molar-refractivity contribution in [2.24, 2.45) is 5.41 Å². The molecule has 0 unspecified atom stereocenters. The number of carbonyl (C=O) groups is 1. The number of nitrogens with one attached hydrogen (secondary N) is 1. The third kappa shape index (κ3) is 9.25. The van der Waals surface area contributed by atoms with E-state index in [2.05, 4.69) is 9.84 Å². The lowest BCUT2D eigenvalue weighted by atomic mass is 9.87. The molecule has 0 fully saturated rings. The molecule has 1 atom stereocenters. The van der Waals surface area contributed by atoms with Gasteiger partial charge in [-0.25, -0.2) is 4.57 Å². The summed E-state index contributed by atoms with van der Waals surface area (Å²) in [4.78, 5) is 29.3. The van der Waals surface area contributed by atoms with Gasteiger partial charge in [-0.1, -0.05) is 13.8 Å². The van der Waals surface area contributed by atoms with Gasteiger partial charge in [0.2, 0.25) is 5.91 Å². The average molecular weight is 391 g/mol. The highest BCUT2D eigenvalue weighted by molar-refractivity contribution is 7.53. The first-order valence-electron chi connectivity index (χ1n) is 7.41. The summed E-state index contributed by atoms with van der Waals surface area (Å²) in [5.41, 5.74) is -1.24. The van der Waals surface area contributed by atoms with Crippen molar-refractivity contribution in [3.63, 3.8) is 0 Å². The molecule has 10 nitrogen and oxygen atoms in total. The molecule has 0 aliphatic rings. The lowest BCUT2D eigenvalue weighted by Crippen LogP contribution is -2.46.